The zero-order valence-electron chi connectivity index (χ0n) is 11.4. The number of methoxy groups -OCH3 is 1. The molecule has 0 aliphatic carbocycles. The third-order valence-electron chi connectivity index (χ3n) is 2.40. The van der Waals surface area contributed by atoms with Gasteiger partial charge in [-0.2, -0.15) is 5.10 Å². The van der Waals surface area contributed by atoms with E-state index in [2.05, 4.69) is 24.4 Å². The lowest BCUT2D eigenvalue weighted by atomic mass is 10.1. The van der Waals surface area contributed by atoms with Gasteiger partial charge in [0.25, 0.3) is 5.91 Å². The predicted octanol–water partition coefficient (Wildman–Crippen LogP) is 2.85. The molecule has 0 radical (unpaired) electrons. The number of rotatable bonds is 5. The van der Waals surface area contributed by atoms with Gasteiger partial charge in [0.15, 0.2) is 0 Å². The van der Waals surface area contributed by atoms with Crippen LogP contribution in [0, 0.1) is 5.92 Å². The highest BCUT2D eigenvalue weighted by molar-refractivity contribution is 5.95. The maximum Gasteiger partial charge on any atom is 0.271 e. The summed E-state index contributed by atoms with van der Waals surface area (Å²) in [6.45, 7) is 6.14. The van der Waals surface area contributed by atoms with Crippen molar-refractivity contribution in [1.29, 1.82) is 0 Å². The fraction of sp³-hybridized carbons (Fsp3) is 0.429. The van der Waals surface area contributed by atoms with Crippen LogP contribution in [0.3, 0.4) is 0 Å². The summed E-state index contributed by atoms with van der Waals surface area (Å²) in [5.74, 6) is 1.05. The van der Waals surface area contributed by atoms with Crippen LogP contribution in [-0.2, 0) is 0 Å². The zero-order valence-corrected chi connectivity index (χ0v) is 11.4. The highest BCUT2D eigenvalue weighted by Crippen LogP contribution is 2.11. The molecule has 0 atom stereocenters. The van der Waals surface area contributed by atoms with Crippen molar-refractivity contribution in [3.63, 3.8) is 0 Å². The number of hydrogen-bond donors (Lipinski definition) is 1. The number of benzene rings is 1. The zero-order chi connectivity index (χ0) is 13.5. The van der Waals surface area contributed by atoms with Gasteiger partial charge in [-0.3, -0.25) is 4.79 Å². The van der Waals surface area contributed by atoms with E-state index in [9.17, 15) is 4.79 Å². The molecule has 1 rings (SSSR count). The van der Waals surface area contributed by atoms with E-state index in [0.717, 1.165) is 17.9 Å². The van der Waals surface area contributed by atoms with Crippen molar-refractivity contribution in [2.24, 2.45) is 11.0 Å². The number of hydrogen-bond acceptors (Lipinski definition) is 3. The molecule has 0 aliphatic heterocycles. The van der Waals surface area contributed by atoms with E-state index in [-0.39, 0.29) is 5.91 Å². The quantitative estimate of drug-likeness (QED) is 0.643. The van der Waals surface area contributed by atoms with Gasteiger partial charge in [-0.25, -0.2) is 5.43 Å². The maximum atomic E-state index is 11.8. The summed E-state index contributed by atoms with van der Waals surface area (Å²) >= 11 is 0. The Balaban J connectivity index is 2.59. The molecule has 1 aromatic rings. The van der Waals surface area contributed by atoms with Crippen molar-refractivity contribution in [1.82, 2.24) is 5.43 Å². The van der Waals surface area contributed by atoms with Crippen molar-refractivity contribution in [2.75, 3.05) is 7.11 Å². The van der Waals surface area contributed by atoms with Gasteiger partial charge >= 0.3 is 0 Å². The molecule has 0 aromatic heterocycles. The molecule has 1 aromatic carbocycles. The topological polar surface area (TPSA) is 50.7 Å². The number of carbonyl (C=O) groups is 1. The monoisotopic (exact) mass is 248 g/mol. The SMILES string of the molecule is COc1ccc(C(=O)N/N=C(/C)CC(C)C)cc1. The Bertz CT molecular complexity index is 422. The van der Waals surface area contributed by atoms with Crippen molar-refractivity contribution in [3.05, 3.63) is 29.8 Å². The lowest BCUT2D eigenvalue weighted by Crippen LogP contribution is -2.19. The molecule has 0 heterocycles. The minimum Gasteiger partial charge on any atom is -0.497 e. The Hall–Kier alpha value is -1.84. The molecule has 0 fully saturated rings. The van der Waals surface area contributed by atoms with Crippen LogP contribution in [0.5, 0.6) is 5.75 Å². The average molecular weight is 248 g/mol. The van der Waals surface area contributed by atoms with Crippen LogP contribution in [0.1, 0.15) is 37.6 Å². The van der Waals surface area contributed by atoms with Crippen LogP contribution in [0.15, 0.2) is 29.4 Å². The molecule has 0 saturated heterocycles. The number of hydrazone groups is 1. The van der Waals surface area contributed by atoms with Crippen LogP contribution in [0.25, 0.3) is 0 Å². The van der Waals surface area contributed by atoms with E-state index in [1.165, 1.54) is 0 Å². The first kappa shape index (κ1) is 14.2. The number of nitrogens with zero attached hydrogens (tertiary/aromatic N) is 1. The Morgan fingerprint density at radius 3 is 2.44 bits per heavy atom. The molecule has 4 nitrogen and oxygen atoms in total. The summed E-state index contributed by atoms with van der Waals surface area (Å²) in [6, 6.07) is 6.92. The summed E-state index contributed by atoms with van der Waals surface area (Å²) in [6.07, 6.45) is 0.878. The van der Waals surface area contributed by atoms with Crippen LogP contribution < -0.4 is 10.2 Å². The number of carbonyl (C=O) groups excluding carboxylic acids is 1. The Labute approximate surface area is 108 Å². The van der Waals surface area contributed by atoms with Gasteiger partial charge in [-0.15, -0.1) is 0 Å². The van der Waals surface area contributed by atoms with Crippen molar-refractivity contribution in [3.8, 4) is 5.75 Å². The van der Waals surface area contributed by atoms with Gasteiger partial charge in [0.05, 0.1) is 7.11 Å². The van der Waals surface area contributed by atoms with Gasteiger partial charge in [0.1, 0.15) is 5.75 Å². The Morgan fingerprint density at radius 1 is 1.33 bits per heavy atom. The molecule has 1 amide bonds. The van der Waals surface area contributed by atoms with E-state index < -0.39 is 0 Å². The van der Waals surface area contributed by atoms with Crippen LogP contribution in [0.2, 0.25) is 0 Å². The second-order valence-electron chi connectivity index (χ2n) is 4.61. The fourth-order valence-corrected chi connectivity index (χ4v) is 1.59. The maximum absolute atomic E-state index is 11.8. The summed E-state index contributed by atoms with van der Waals surface area (Å²) < 4.78 is 5.03. The molecule has 0 saturated carbocycles. The van der Waals surface area contributed by atoms with Gasteiger partial charge in [0, 0.05) is 11.3 Å². The fourth-order valence-electron chi connectivity index (χ4n) is 1.59. The molecule has 1 N–H and O–H groups in total. The van der Waals surface area contributed by atoms with Gasteiger partial charge in [0.2, 0.25) is 0 Å². The molecule has 0 bridgehead atoms. The van der Waals surface area contributed by atoms with Crippen molar-refractivity contribution >= 4 is 11.6 Å². The Morgan fingerprint density at radius 2 is 1.94 bits per heavy atom. The van der Waals surface area contributed by atoms with Crippen LogP contribution in [-0.4, -0.2) is 18.7 Å². The van der Waals surface area contributed by atoms with Crippen LogP contribution >= 0.6 is 0 Å². The third kappa shape index (κ3) is 4.57. The first-order valence-corrected chi connectivity index (χ1v) is 6.00. The molecular formula is C14H20N2O2. The Kier molecular flexibility index (Phi) is 5.36. The number of amides is 1. The second-order valence-corrected chi connectivity index (χ2v) is 4.61. The minimum atomic E-state index is -0.208. The third-order valence-corrected chi connectivity index (χ3v) is 2.40. The van der Waals surface area contributed by atoms with Crippen molar-refractivity contribution < 1.29 is 9.53 Å². The standard InChI is InChI=1S/C14H20N2O2/c1-10(2)9-11(3)15-16-14(17)12-5-7-13(18-4)8-6-12/h5-8,10H,9H2,1-4H3,(H,16,17)/b15-11-. The molecule has 98 valence electrons. The smallest absolute Gasteiger partial charge is 0.271 e. The van der Waals surface area contributed by atoms with Gasteiger partial charge < -0.3 is 4.74 Å². The highest BCUT2D eigenvalue weighted by Gasteiger charge is 2.05. The highest BCUT2D eigenvalue weighted by atomic mass is 16.5. The predicted molar refractivity (Wildman–Crippen MR) is 73.0 cm³/mol. The molecule has 18 heavy (non-hydrogen) atoms. The summed E-state index contributed by atoms with van der Waals surface area (Å²) in [4.78, 5) is 11.8. The first-order chi connectivity index (χ1) is 8.52. The van der Waals surface area contributed by atoms with E-state index in [1.807, 2.05) is 6.92 Å². The minimum absolute atomic E-state index is 0.208. The van der Waals surface area contributed by atoms with Crippen LogP contribution in [0.4, 0.5) is 0 Å². The van der Waals surface area contributed by atoms with Gasteiger partial charge in [-0.1, -0.05) is 13.8 Å². The molecule has 0 aliphatic rings. The summed E-state index contributed by atoms with van der Waals surface area (Å²) in [7, 11) is 1.59. The largest absolute Gasteiger partial charge is 0.497 e. The second kappa shape index (κ2) is 6.79. The van der Waals surface area contributed by atoms with E-state index in [0.29, 0.717) is 11.5 Å². The molecular weight excluding hydrogens is 228 g/mol. The summed E-state index contributed by atoms with van der Waals surface area (Å²) in [5, 5.41) is 4.07. The first-order valence-electron chi connectivity index (χ1n) is 6.00. The van der Waals surface area contributed by atoms with Gasteiger partial charge in [-0.05, 0) is 43.5 Å². The van der Waals surface area contributed by atoms with E-state index in [4.69, 9.17) is 4.74 Å². The molecule has 0 spiro atoms. The lowest BCUT2D eigenvalue weighted by molar-refractivity contribution is 0.0954. The number of ether oxygens (including phenoxy) is 1. The van der Waals surface area contributed by atoms with E-state index >= 15 is 0 Å². The normalized spacial score (nSPS) is 11.5. The lowest BCUT2D eigenvalue weighted by Gasteiger charge is -2.05. The summed E-state index contributed by atoms with van der Waals surface area (Å²) in [5.41, 5.74) is 4.04. The average Bonchev–Trinajstić information content (AvgIpc) is 2.35. The number of nitrogens with one attached hydrogen (secondary N) is 1. The molecule has 0 unspecified atom stereocenters. The van der Waals surface area contributed by atoms with Crippen molar-refractivity contribution in [2.45, 2.75) is 27.2 Å². The van der Waals surface area contributed by atoms with E-state index in [1.54, 1.807) is 31.4 Å². The molecule has 4 heteroatoms.